The topological polar surface area (TPSA) is 99.1 Å². The molecule has 3 aromatic heterocycles. The maximum atomic E-state index is 13.2. The van der Waals surface area contributed by atoms with E-state index in [9.17, 15) is 9.59 Å². The van der Waals surface area contributed by atoms with Crippen molar-refractivity contribution in [3.05, 3.63) is 68.9 Å². The van der Waals surface area contributed by atoms with Gasteiger partial charge in [0.2, 0.25) is 0 Å². The Labute approximate surface area is 176 Å². The molecule has 1 N–H and O–H groups in total. The van der Waals surface area contributed by atoms with Gasteiger partial charge in [0.25, 0.3) is 5.56 Å². The Morgan fingerprint density at radius 1 is 1.20 bits per heavy atom. The van der Waals surface area contributed by atoms with Gasteiger partial charge in [-0.05, 0) is 12.1 Å². The molecule has 0 aliphatic heterocycles. The van der Waals surface area contributed by atoms with Crippen LogP contribution in [0, 0.1) is 0 Å². The van der Waals surface area contributed by atoms with Crippen LogP contribution in [0.15, 0.2) is 41.5 Å². The Morgan fingerprint density at radius 2 is 2.00 bits per heavy atom. The molecule has 1 aromatic carbocycles. The van der Waals surface area contributed by atoms with E-state index in [0.29, 0.717) is 51.4 Å². The van der Waals surface area contributed by atoms with Crippen LogP contribution < -0.4 is 5.56 Å². The summed E-state index contributed by atoms with van der Waals surface area (Å²) in [6.07, 6.45) is 3.16. The third-order valence-electron chi connectivity index (χ3n) is 4.85. The van der Waals surface area contributed by atoms with Gasteiger partial charge < -0.3 is 19.0 Å². The number of benzene rings is 1. The second-order valence-corrected chi connectivity index (χ2v) is 7.08. The Balaban J connectivity index is 2.02. The standard InChI is InChI=1S/C21H19ClN4O4/c1-29-8-7-26-16-10-24-20-17(18(16)25-15(11-30-2)21(26)28)13(9-23-20)19(27)12-5-3-4-6-14(12)22/h3-6,9-10H,7-8,11H2,1-2H3,(H,23,24). The molecule has 0 unspecified atom stereocenters. The van der Waals surface area contributed by atoms with Crippen LogP contribution in [0.25, 0.3) is 22.1 Å². The molecular weight excluding hydrogens is 408 g/mol. The van der Waals surface area contributed by atoms with Crippen molar-refractivity contribution < 1.29 is 14.3 Å². The number of H-pyrrole nitrogens is 1. The van der Waals surface area contributed by atoms with E-state index in [2.05, 4.69) is 15.0 Å². The van der Waals surface area contributed by atoms with E-state index >= 15 is 0 Å². The van der Waals surface area contributed by atoms with E-state index in [4.69, 9.17) is 21.1 Å². The first-order valence-corrected chi connectivity index (χ1v) is 9.61. The Hall–Kier alpha value is -3.07. The predicted octanol–water partition coefficient (Wildman–Crippen LogP) is 2.95. The van der Waals surface area contributed by atoms with Gasteiger partial charge in [0.1, 0.15) is 16.9 Å². The highest BCUT2D eigenvalue weighted by Gasteiger charge is 2.22. The summed E-state index contributed by atoms with van der Waals surface area (Å²) in [5.74, 6) is -0.258. The molecule has 4 aromatic rings. The average molecular weight is 427 g/mol. The molecule has 0 aliphatic rings. The molecule has 3 heterocycles. The van der Waals surface area contributed by atoms with Crippen LogP contribution in [-0.2, 0) is 22.6 Å². The van der Waals surface area contributed by atoms with Crippen molar-refractivity contribution in [1.82, 2.24) is 19.5 Å². The number of hydrogen-bond acceptors (Lipinski definition) is 6. The summed E-state index contributed by atoms with van der Waals surface area (Å²) in [7, 11) is 3.06. The molecule has 9 heteroatoms. The number of carbonyl (C=O) groups excluding carboxylic acids is 1. The molecule has 0 fully saturated rings. The summed E-state index contributed by atoms with van der Waals surface area (Å²) in [6, 6.07) is 6.84. The number of nitrogens with zero attached hydrogens (tertiary/aromatic N) is 3. The van der Waals surface area contributed by atoms with Crippen LogP contribution >= 0.6 is 11.6 Å². The smallest absolute Gasteiger partial charge is 0.275 e. The number of pyridine rings is 1. The summed E-state index contributed by atoms with van der Waals surface area (Å²) in [5.41, 5.74) is 2.20. The van der Waals surface area contributed by atoms with Gasteiger partial charge >= 0.3 is 0 Å². The molecule has 154 valence electrons. The molecule has 0 amide bonds. The Kier molecular flexibility index (Phi) is 5.63. The summed E-state index contributed by atoms with van der Waals surface area (Å²) in [6.45, 7) is 0.697. The van der Waals surface area contributed by atoms with Crippen LogP contribution in [0.2, 0.25) is 5.02 Å². The van der Waals surface area contributed by atoms with E-state index in [1.165, 1.54) is 7.11 Å². The highest BCUT2D eigenvalue weighted by atomic mass is 35.5. The van der Waals surface area contributed by atoms with E-state index < -0.39 is 0 Å². The van der Waals surface area contributed by atoms with Gasteiger partial charge in [0.15, 0.2) is 5.78 Å². The number of ether oxygens (including phenoxy) is 2. The first kappa shape index (κ1) is 20.2. The van der Waals surface area contributed by atoms with Crippen LogP contribution in [0.1, 0.15) is 21.6 Å². The van der Waals surface area contributed by atoms with Gasteiger partial charge in [-0.1, -0.05) is 23.7 Å². The first-order chi connectivity index (χ1) is 14.6. The number of aromatic nitrogens is 4. The molecule has 4 rings (SSSR count). The molecule has 0 bridgehead atoms. The van der Waals surface area contributed by atoms with E-state index in [1.54, 1.807) is 48.3 Å². The van der Waals surface area contributed by atoms with Crippen LogP contribution in [0.5, 0.6) is 0 Å². The lowest BCUT2D eigenvalue weighted by Crippen LogP contribution is -2.28. The molecule has 30 heavy (non-hydrogen) atoms. The summed E-state index contributed by atoms with van der Waals surface area (Å²) in [5, 5.41) is 0.885. The van der Waals surface area contributed by atoms with Crippen LogP contribution in [0.4, 0.5) is 0 Å². The summed E-state index contributed by atoms with van der Waals surface area (Å²) < 4.78 is 11.9. The van der Waals surface area contributed by atoms with Gasteiger partial charge in [0.05, 0.1) is 40.9 Å². The number of methoxy groups -OCH3 is 2. The fourth-order valence-electron chi connectivity index (χ4n) is 3.43. The third kappa shape index (κ3) is 3.39. The van der Waals surface area contributed by atoms with Gasteiger partial charge in [0, 0.05) is 32.5 Å². The first-order valence-electron chi connectivity index (χ1n) is 9.23. The lowest BCUT2D eigenvalue weighted by Gasteiger charge is -2.12. The van der Waals surface area contributed by atoms with Crippen molar-refractivity contribution in [3.8, 4) is 0 Å². The quantitative estimate of drug-likeness (QED) is 0.456. The number of carbonyl (C=O) groups is 1. The fourth-order valence-corrected chi connectivity index (χ4v) is 3.65. The number of halogens is 1. The number of nitrogens with one attached hydrogen (secondary N) is 1. The summed E-state index contributed by atoms with van der Waals surface area (Å²) in [4.78, 5) is 38.1. The molecular formula is C21H19ClN4O4. The number of aromatic amines is 1. The van der Waals surface area contributed by atoms with Crippen molar-refractivity contribution in [2.75, 3.05) is 20.8 Å². The second kappa shape index (κ2) is 8.35. The molecule has 0 atom stereocenters. The average Bonchev–Trinajstić information content (AvgIpc) is 3.18. The van der Waals surface area contributed by atoms with Crippen molar-refractivity contribution in [1.29, 1.82) is 0 Å². The Morgan fingerprint density at radius 3 is 2.73 bits per heavy atom. The molecule has 0 saturated carbocycles. The largest absolute Gasteiger partial charge is 0.383 e. The zero-order valence-corrected chi connectivity index (χ0v) is 17.2. The highest BCUT2D eigenvalue weighted by molar-refractivity contribution is 6.35. The van der Waals surface area contributed by atoms with Crippen molar-refractivity contribution in [3.63, 3.8) is 0 Å². The van der Waals surface area contributed by atoms with E-state index in [1.807, 2.05) is 0 Å². The predicted molar refractivity (Wildman–Crippen MR) is 113 cm³/mol. The van der Waals surface area contributed by atoms with Gasteiger partial charge in [-0.25, -0.2) is 9.97 Å². The molecule has 0 spiro atoms. The maximum Gasteiger partial charge on any atom is 0.275 e. The number of hydrogen-bond donors (Lipinski definition) is 1. The fraction of sp³-hybridized carbons (Fsp3) is 0.238. The number of fused-ring (bicyclic) bond motifs is 3. The lowest BCUT2D eigenvalue weighted by atomic mass is 10.0. The second-order valence-electron chi connectivity index (χ2n) is 6.67. The Bertz CT molecular complexity index is 1310. The van der Waals surface area contributed by atoms with E-state index in [-0.39, 0.29) is 23.6 Å². The van der Waals surface area contributed by atoms with Gasteiger partial charge in [-0.2, -0.15) is 0 Å². The maximum absolute atomic E-state index is 13.2. The van der Waals surface area contributed by atoms with Gasteiger partial charge in [-0.15, -0.1) is 0 Å². The minimum atomic E-state index is -0.280. The zero-order valence-electron chi connectivity index (χ0n) is 16.4. The zero-order chi connectivity index (χ0) is 21.3. The normalized spacial score (nSPS) is 11.4. The van der Waals surface area contributed by atoms with Crippen LogP contribution in [0.3, 0.4) is 0 Å². The number of ketones is 1. The SMILES string of the molecule is COCCn1c(=O)c(COC)nc2c3c(C(=O)c4ccccc4Cl)c[nH]c3ncc21. The molecule has 0 radical (unpaired) electrons. The van der Waals surface area contributed by atoms with Crippen molar-refractivity contribution >= 4 is 39.5 Å². The highest BCUT2D eigenvalue weighted by Crippen LogP contribution is 2.28. The van der Waals surface area contributed by atoms with Crippen molar-refractivity contribution in [2.45, 2.75) is 13.2 Å². The minimum absolute atomic E-state index is 0.0454. The van der Waals surface area contributed by atoms with Crippen LogP contribution in [-0.4, -0.2) is 46.1 Å². The lowest BCUT2D eigenvalue weighted by molar-refractivity contribution is 0.104. The van der Waals surface area contributed by atoms with Crippen molar-refractivity contribution in [2.24, 2.45) is 0 Å². The molecule has 0 saturated heterocycles. The monoisotopic (exact) mass is 426 g/mol. The van der Waals surface area contributed by atoms with E-state index in [0.717, 1.165) is 0 Å². The third-order valence-corrected chi connectivity index (χ3v) is 5.18. The number of rotatable bonds is 7. The molecule has 0 aliphatic carbocycles. The van der Waals surface area contributed by atoms with Gasteiger partial charge in [-0.3, -0.25) is 9.59 Å². The molecule has 8 nitrogen and oxygen atoms in total. The minimum Gasteiger partial charge on any atom is -0.383 e. The summed E-state index contributed by atoms with van der Waals surface area (Å²) >= 11 is 6.24.